The van der Waals surface area contributed by atoms with E-state index in [1.165, 1.54) is 83.6 Å². The van der Waals surface area contributed by atoms with E-state index < -0.39 is 64.9 Å². The lowest BCUT2D eigenvalue weighted by Gasteiger charge is -2.80. The number of aromatic hydroxyl groups is 1. The number of phenols is 1. The summed E-state index contributed by atoms with van der Waals surface area (Å²) in [6.45, 7) is 3.44. The molecule has 0 amide bonds. The number of ether oxygens (including phenoxy) is 2. The Morgan fingerprint density at radius 2 is 1.83 bits per heavy atom. The van der Waals surface area contributed by atoms with E-state index in [4.69, 9.17) is 20.2 Å². The normalized spacial score (nSPS) is 47.5. The Morgan fingerprint density at radius 3 is 2.68 bits per heavy atom. The largest absolute Gasteiger partial charge is 0.504 e. The number of nitrogens with two attached hydrogens (primary N) is 1. The summed E-state index contributed by atoms with van der Waals surface area (Å²) in [6, 6.07) is 2.44. The predicted octanol–water partition coefficient (Wildman–Crippen LogP) is 8.04. The molecule has 6 saturated carbocycles. The smallest absolute Gasteiger partial charge is 0.302 e. The number of aliphatic imine (C=N–C) groups is 1. The van der Waals surface area contributed by atoms with Crippen molar-refractivity contribution in [2.24, 2.45) is 79.2 Å². The van der Waals surface area contributed by atoms with Crippen molar-refractivity contribution in [1.29, 1.82) is 0 Å². The lowest BCUT2D eigenvalue weighted by Crippen LogP contribution is -2.83. The SMILES string of the molecule is CC(=O)OC1CC(O)CCC23C#CC4CC5C#CC(CNCC6(C5)CC(CCN6)Oc5cc(c(C(O)O)cc5O)CC41)SSC1CCC45C=CC6C7C8=CC9CCC%10(CCCC%10)C96CC1(NC(N)=NC2C=CCC3O)C74C(CC8)CC5. The number of fused-ring (bicyclic) bond motifs is 4. The number of esters is 1. The van der Waals surface area contributed by atoms with Crippen LogP contribution in [0.5, 0.6) is 11.5 Å². The van der Waals surface area contributed by atoms with E-state index in [1.54, 1.807) is 11.6 Å². The van der Waals surface area contributed by atoms with Gasteiger partial charge >= 0.3 is 5.97 Å². The zero-order chi connectivity index (χ0) is 55.3. The molecular formula is C66H85N5O8S2. The van der Waals surface area contributed by atoms with Crippen LogP contribution < -0.4 is 26.4 Å². The van der Waals surface area contributed by atoms with E-state index >= 15 is 0 Å². The number of guanidine groups is 1. The van der Waals surface area contributed by atoms with Gasteiger partial charge in [0.2, 0.25) is 0 Å². The van der Waals surface area contributed by atoms with Gasteiger partial charge in [-0.1, -0.05) is 94.1 Å². The average Bonchev–Trinajstić information content (AvgIpc) is 2.47. The monoisotopic (exact) mass is 1140 g/mol. The molecule has 10 aliphatic carbocycles. The van der Waals surface area contributed by atoms with Crippen molar-refractivity contribution >= 4 is 33.5 Å². The standard InChI is InChI=1S/C66H85N5O8S2/c1-38(72)78-52-31-45(73)14-25-63-24-11-40-27-39-7-10-47(35-68-37-62(33-39)34-46(17-26-69-62)79-53-30-42(29-48(40)52)49(58(76)77)32-51(53)74)80-81-56-16-23-61-21-12-43-9-8-41-28-44-13-20-60(18-2-3-19-60)64(44)36-65(56,66(43,61)57(41)50(64)15-22-61)71-59(67)70-54(63)5-4-6-55(63)75/h4-5,15,22,28,30,32,39-40,43-48,50,52,54-58,68-69,73-77H,2-3,6,8-9,12-14,16-21,23,25-27,29,31,33-37H2,1H3,(H3,67,70,71). The zero-order valence-electron chi connectivity index (χ0n) is 47.2. The number of piperidine rings is 1. The van der Waals surface area contributed by atoms with Crippen LogP contribution in [0.15, 0.2) is 53.1 Å². The van der Waals surface area contributed by atoms with Crippen molar-refractivity contribution in [2.75, 3.05) is 19.6 Å². The number of carbonyl (C=O) groups excluding carboxylic acids is 1. The molecule has 0 aromatic heterocycles. The zero-order valence-corrected chi connectivity index (χ0v) is 48.8. The molecule has 7 fully saturated rings. The first kappa shape index (κ1) is 54.0. The number of nitrogens with one attached hydrogen (secondary N) is 3. The number of hydrogen-bond acceptors (Lipinski definition) is 15. The number of phenolic OH excluding ortho intramolecular Hbond substituents is 1. The van der Waals surface area contributed by atoms with E-state index in [-0.39, 0.29) is 80.5 Å². The number of carbonyl (C=O) groups is 1. The number of aliphatic hydroxyl groups is 4. The van der Waals surface area contributed by atoms with Gasteiger partial charge in [0.1, 0.15) is 12.2 Å². The fourth-order valence-corrected chi connectivity index (χ4v) is 25.5. The highest BCUT2D eigenvalue weighted by molar-refractivity contribution is 8.77. The van der Waals surface area contributed by atoms with Crippen LogP contribution in [-0.4, -0.2) is 109 Å². The van der Waals surface area contributed by atoms with Crippen LogP contribution in [0.4, 0.5) is 0 Å². The summed E-state index contributed by atoms with van der Waals surface area (Å²) in [7, 11) is 4.06. The number of aliphatic hydroxyl groups excluding tert-OH is 3. The summed E-state index contributed by atoms with van der Waals surface area (Å²) in [4.78, 5) is 19.1. The highest BCUT2D eigenvalue weighted by Crippen LogP contribution is 2.88. The van der Waals surface area contributed by atoms with Crippen molar-refractivity contribution in [3.8, 4) is 35.2 Å². The molecule has 13 nitrogen and oxygen atoms in total. The second-order valence-corrected chi connectivity index (χ2v) is 31.1. The molecule has 1 aromatic carbocycles. The maximum absolute atomic E-state index is 13.3. The van der Waals surface area contributed by atoms with Crippen LogP contribution in [0.3, 0.4) is 0 Å². The molecule has 1 saturated heterocycles. The van der Waals surface area contributed by atoms with Crippen LogP contribution in [0.25, 0.3) is 0 Å². The molecule has 4 aliphatic heterocycles. The molecule has 10 N–H and O–H groups in total. The summed E-state index contributed by atoms with van der Waals surface area (Å²) in [5.41, 5.74) is 8.60. The second-order valence-electron chi connectivity index (χ2n) is 28.4. The van der Waals surface area contributed by atoms with E-state index in [1.807, 2.05) is 16.9 Å². The van der Waals surface area contributed by atoms with Gasteiger partial charge in [-0.3, -0.25) is 4.79 Å². The lowest BCUT2D eigenvalue weighted by atomic mass is 9.26. The Balaban J connectivity index is 0.947. The number of hydrogen-bond donors (Lipinski definition) is 9. The molecule has 4 heterocycles. The van der Waals surface area contributed by atoms with Gasteiger partial charge in [-0.15, -0.1) is 0 Å². The van der Waals surface area contributed by atoms with Gasteiger partial charge in [0.15, 0.2) is 23.7 Å². The van der Waals surface area contributed by atoms with Gasteiger partial charge in [-0.25, -0.2) is 4.99 Å². The molecule has 20 unspecified atom stereocenters. The first-order valence-electron chi connectivity index (χ1n) is 31.6. The summed E-state index contributed by atoms with van der Waals surface area (Å²) in [6.07, 6.45) is 27.5. The van der Waals surface area contributed by atoms with Gasteiger partial charge in [0.25, 0.3) is 0 Å². The number of allylic oxidation sites excluding steroid dienone is 4. The molecule has 81 heavy (non-hydrogen) atoms. The lowest BCUT2D eigenvalue weighted by molar-refractivity contribution is -0.231. The molecule has 6 spiro atoms. The molecule has 434 valence electrons. The van der Waals surface area contributed by atoms with Crippen LogP contribution in [0.1, 0.15) is 159 Å². The average molecular weight is 1140 g/mol. The quantitative estimate of drug-likeness (QED) is 0.0452. The van der Waals surface area contributed by atoms with Crippen LogP contribution >= 0.6 is 21.6 Å². The highest BCUT2D eigenvalue weighted by Gasteiger charge is 2.85. The van der Waals surface area contributed by atoms with Crippen molar-refractivity contribution in [3.05, 3.63) is 59.2 Å². The fraction of sp³-hybridized carbons (Fsp3) is 0.727. The topological polar surface area (TPSA) is 211 Å². The third kappa shape index (κ3) is 7.96. The highest BCUT2D eigenvalue weighted by atomic mass is 33.1. The summed E-state index contributed by atoms with van der Waals surface area (Å²) >= 11 is 0. The summed E-state index contributed by atoms with van der Waals surface area (Å²) < 4.78 is 13.2. The van der Waals surface area contributed by atoms with Crippen molar-refractivity contribution in [1.82, 2.24) is 16.0 Å². The maximum atomic E-state index is 13.3. The number of benzene rings is 1. The van der Waals surface area contributed by atoms with E-state index in [2.05, 4.69) is 74.7 Å². The summed E-state index contributed by atoms with van der Waals surface area (Å²) in [5, 5.41) is 71.5. The molecule has 12 bridgehead atoms. The Kier molecular flexibility index (Phi) is 13.1. The van der Waals surface area contributed by atoms with Gasteiger partial charge < -0.3 is 56.7 Å². The predicted molar refractivity (Wildman–Crippen MR) is 314 cm³/mol. The van der Waals surface area contributed by atoms with Gasteiger partial charge in [0, 0.05) is 72.4 Å². The van der Waals surface area contributed by atoms with Gasteiger partial charge in [-0.2, -0.15) is 0 Å². The molecule has 20 atom stereocenters. The Morgan fingerprint density at radius 1 is 0.963 bits per heavy atom. The van der Waals surface area contributed by atoms with E-state index in [0.29, 0.717) is 93.4 Å². The molecular weight excluding hydrogens is 1050 g/mol. The Labute approximate surface area is 486 Å². The van der Waals surface area contributed by atoms with Crippen molar-refractivity contribution in [3.63, 3.8) is 0 Å². The molecule has 15 heteroatoms. The minimum Gasteiger partial charge on any atom is -0.504 e. The van der Waals surface area contributed by atoms with Gasteiger partial charge in [-0.05, 0) is 180 Å². The van der Waals surface area contributed by atoms with E-state index in [9.17, 15) is 30.3 Å². The summed E-state index contributed by atoms with van der Waals surface area (Å²) in [5.74, 6) is 16.3. The molecule has 1 aromatic rings. The minimum absolute atomic E-state index is 0.0460. The minimum atomic E-state index is -1.93. The Bertz CT molecular complexity index is 2990. The maximum Gasteiger partial charge on any atom is 0.302 e. The van der Waals surface area contributed by atoms with Crippen LogP contribution in [-0.2, 0) is 16.0 Å². The van der Waals surface area contributed by atoms with Crippen LogP contribution in [0, 0.1) is 92.2 Å². The third-order valence-corrected chi connectivity index (χ3v) is 28.3. The molecule has 15 rings (SSSR count). The molecule has 14 aliphatic rings. The van der Waals surface area contributed by atoms with Gasteiger partial charge in [0.05, 0.1) is 34.5 Å². The van der Waals surface area contributed by atoms with Crippen molar-refractivity contribution < 1.29 is 39.8 Å². The van der Waals surface area contributed by atoms with Crippen LogP contribution in [0.2, 0.25) is 0 Å². The third-order valence-electron chi connectivity index (χ3n) is 25.1. The second kappa shape index (κ2) is 19.7. The first-order valence-corrected chi connectivity index (χ1v) is 33.8. The number of nitrogens with zero attached hydrogens (tertiary/aromatic N) is 1. The first-order chi connectivity index (χ1) is 39.1. The van der Waals surface area contributed by atoms with E-state index in [0.717, 1.165) is 12.8 Å². The Hall–Kier alpha value is -3.64. The fourth-order valence-electron chi connectivity index (χ4n) is 22.3. The molecule has 0 radical (unpaired) electrons. The van der Waals surface area contributed by atoms with Crippen molar-refractivity contribution in [2.45, 2.75) is 207 Å². The number of rotatable bonds is 2.